The van der Waals surface area contributed by atoms with E-state index in [9.17, 15) is 33.0 Å². The Morgan fingerprint density at radius 1 is 1.10 bits per heavy atom. The van der Waals surface area contributed by atoms with Crippen LogP contribution in [0.1, 0.15) is 43.2 Å². The second-order valence-electron chi connectivity index (χ2n) is 7.89. The van der Waals surface area contributed by atoms with Crippen LogP contribution in [0, 0.1) is 5.92 Å². The smallest absolute Gasteiger partial charge is 0.416 e. The van der Waals surface area contributed by atoms with Crippen LogP contribution in [0.25, 0.3) is 0 Å². The van der Waals surface area contributed by atoms with Crippen LogP contribution < -0.4 is 0 Å². The first-order valence-corrected chi connectivity index (χ1v) is 9.71. The quantitative estimate of drug-likeness (QED) is 0.779. The fourth-order valence-electron chi connectivity index (χ4n) is 4.18. The molecule has 2 aliphatic rings. The molecule has 160 valence electrons. The maximum atomic E-state index is 13.0. The van der Waals surface area contributed by atoms with Crippen molar-refractivity contribution in [3.8, 4) is 0 Å². The molecule has 2 amide bonds. The second kappa shape index (κ2) is 8.22. The molecule has 29 heavy (non-hydrogen) atoms. The Morgan fingerprint density at radius 2 is 1.69 bits per heavy atom. The molecule has 6 nitrogen and oxygen atoms in total. The van der Waals surface area contributed by atoms with Crippen LogP contribution in [0.15, 0.2) is 24.3 Å². The molecule has 0 aromatic heterocycles. The molecule has 1 aromatic rings. The van der Waals surface area contributed by atoms with Crippen molar-refractivity contribution >= 4 is 12.0 Å². The molecule has 9 heteroatoms. The zero-order valence-corrected chi connectivity index (χ0v) is 16.1. The summed E-state index contributed by atoms with van der Waals surface area (Å²) in [6, 6.07) is 3.89. The maximum Gasteiger partial charge on any atom is 0.416 e. The van der Waals surface area contributed by atoms with E-state index in [1.165, 1.54) is 17.0 Å². The third-order valence-corrected chi connectivity index (χ3v) is 6.04. The van der Waals surface area contributed by atoms with Gasteiger partial charge in [0.2, 0.25) is 0 Å². The third kappa shape index (κ3) is 4.66. The minimum absolute atomic E-state index is 0.244. The average Bonchev–Trinajstić information content (AvgIpc) is 2.67. The Bertz CT molecular complexity index is 745. The third-order valence-electron chi connectivity index (χ3n) is 6.04. The zero-order chi connectivity index (χ0) is 21.3. The first kappa shape index (κ1) is 21.4. The number of alkyl halides is 3. The molecule has 0 aliphatic carbocycles. The molecule has 1 aromatic carbocycles. The van der Waals surface area contributed by atoms with Gasteiger partial charge in [0.1, 0.15) is 0 Å². The summed E-state index contributed by atoms with van der Waals surface area (Å²) in [5, 5.41) is 19.3. The molecule has 0 saturated carbocycles. The summed E-state index contributed by atoms with van der Waals surface area (Å²) in [4.78, 5) is 27.9. The van der Waals surface area contributed by atoms with Gasteiger partial charge in [0.25, 0.3) is 0 Å². The lowest BCUT2D eigenvalue weighted by molar-refractivity contribution is -0.145. The standard InChI is InChI=1S/C20H25F3N2O4/c1-12-17(18(27)28)10-14(13-2-4-15(5-3-13)20(21,22)23)11-25(12)19(29)24-8-6-16(26)7-9-24/h2-5,12,14,16-17,26H,6-11H2,1H3,(H,27,28). The molecule has 2 aliphatic heterocycles. The predicted octanol–water partition coefficient (Wildman–Crippen LogP) is 3.16. The lowest BCUT2D eigenvalue weighted by Gasteiger charge is -2.44. The Balaban J connectivity index is 1.82. The summed E-state index contributed by atoms with van der Waals surface area (Å²) in [6.07, 6.45) is -3.68. The highest BCUT2D eigenvalue weighted by molar-refractivity contribution is 5.78. The van der Waals surface area contributed by atoms with E-state index in [0.717, 1.165) is 12.1 Å². The van der Waals surface area contributed by atoms with Gasteiger partial charge in [0, 0.05) is 31.6 Å². The summed E-state index contributed by atoms with van der Waals surface area (Å²) in [5.41, 5.74) is -0.178. The maximum absolute atomic E-state index is 13.0. The van der Waals surface area contributed by atoms with Crippen molar-refractivity contribution < 1.29 is 33.0 Å². The number of aliphatic hydroxyl groups excluding tert-OH is 1. The molecule has 3 unspecified atom stereocenters. The van der Waals surface area contributed by atoms with Crippen molar-refractivity contribution in [1.82, 2.24) is 9.80 Å². The summed E-state index contributed by atoms with van der Waals surface area (Å²) < 4.78 is 38.5. The lowest BCUT2D eigenvalue weighted by Crippen LogP contribution is -2.56. The van der Waals surface area contributed by atoms with Crippen LogP contribution in [0.5, 0.6) is 0 Å². The molecule has 0 bridgehead atoms. The topological polar surface area (TPSA) is 81.1 Å². The molecule has 2 N–H and O–H groups in total. The Kier molecular flexibility index (Phi) is 6.07. The highest BCUT2D eigenvalue weighted by Gasteiger charge is 2.42. The van der Waals surface area contributed by atoms with Gasteiger partial charge >= 0.3 is 18.2 Å². The molecule has 3 rings (SSSR count). The highest BCUT2D eigenvalue weighted by atomic mass is 19.4. The minimum Gasteiger partial charge on any atom is -0.481 e. The van der Waals surface area contributed by atoms with Gasteiger partial charge in [-0.15, -0.1) is 0 Å². The molecular weight excluding hydrogens is 389 g/mol. The Hall–Kier alpha value is -2.29. The van der Waals surface area contributed by atoms with Crippen molar-refractivity contribution in [2.45, 2.75) is 50.4 Å². The van der Waals surface area contributed by atoms with Gasteiger partial charge in [-0.3, -0.25) is 4.79 Å². The number of carbonyl (C=O) groups is 2. The second-order valence-corrected chi connectivity index (χ2v) is 7.89. The highest BCUT2D eigenvalue weighted by Crippen LogP contribution is 2.36. The van der Waals surface area contributed by atoms with Crippen molar-refractivity contribution in [2.24, 2.45) is 5.92 Å². The number of aliphatic hydroxyl groups is 1. The van der Waals surface area contributed by atoms with Gasteiger partial charge in [0.15, 0.2) is 0 Å². The molecule has 3 atom stereocenters. The van der Waals surface area contributed by atoms with E-state index in [2.05, 4.69) is 0 Å². The SMILES string of the molecule is CC1C(C(=O)O)CC(c2ccc(C(F)(F)F)cc2)CN1C(=O)N1CCC(O)CC1. The first-order valence-electron chi connectivity index (χ1n) is 9.71. The zero-order valence-electron chi connectivity index (χ0n) is 16.1. The summed E-state index contributed by atoms with van der Waals surface area (Å²) in [6.45, 7) is 2.73. The number of carboxylic acids is 1. The number of urea groups is 1. The normalized spacial score (nSPS) is 26.4. The Morgan fingerprint density at radius 3 is 2.21 bits per heavy atom. The fourth-order valence-corrected chi connectivity index (χ4v) is 4.18. The van der Waals surface area contributed by atoms with Gasteiger partial charge in [-0.25, -0.2) is 4.79 Å². The lowest BCUT2D eigenvalue weighted by atomic mass is 9.80. The molecule has 0 spiro atoms. The van der Waals surface area contributed by atoms with E-state index < -0.39 is 35.8 Å². The number of carboxylic acid groups (broad SMARTS) is 1. The van der Waals surface area contributed by atoms with Gasteiger partial charge in [-0.2, -0.15) is 13.2 Å². The van der Waals surface area contributed by atoms with E-state index in [4.69, 9.17) is 0 Å². The van der Waals surface area contributed by atoms with Gasteiger partial charge in [-0.1, -0.05) is 12.1 Å². The summed E-state index contributed by atoms with van der Waals surface area (Å²) in [7, 11) is 0. The molecular formula is C20H25F3N2O4. The van der Waals surface area contributed by atoms with Gasteiger partial charge in [-0.05, 0) is 43.9 Å². The number of halogens is 3. The van der Waals surface area contributed by atoms with Crippen molar-refractivity contribution in [3.63, 3.8) is 0 Å². The first-order chi connectivity index (χ1) is 13.6. The van der Waals surface area contributed by atoms with Crippen LogP contribution >= 0.6 is 0 Å². The number of rotatable bonds is 2. The Labute approximate surface area is 166 Å². The minimum atomic E-state index is -4.44. The molecule has 2 saturated heterocycles. The largest absolute Gasteiger partial charge is 0.481 e. The predicted molar refractivity (Wildman–Crippen MR) is 98.3 cm³/mol. The number of aliphatic carboxylic acids is 1. The number of carbonyl (C=O) groups excluding carboxylic acids is 1. The molecule has 2 fully saturated rings. The van der Waals surface area contributed by atoms with Crippen LogP contribution in [0.2, 0.25) is 0 Å². The number of hydrogen-bond donors (Lipinski definition) is 2. The van der Waals surface area contributed by atoms with E-state index in [1.54, 1.807) is 11.8 Å². The van der Waals surface area contributed by atoms with Crippen molar-refractivity contribution in [2.75, 3.05) is 19.6 Å². The number of likely N-dealkylation sites (tertiary alicyclic amines) is 2. The number of hydrogen-bond acceptors (Lipinski definition) is 3. The van der Waals surface area contributed by atoms with Crippen molar-refractivity contribution in [3.05, 3.63) is 35.4 Å². The number of benzene rings is 1. The van der Waals surface area contributed by atoms with Crippen LogP contribution in [-0.2, 0) is 11.0 Å². The number of nitrogens with zero attached hydrogens (tertiary/aromatic N) is 2. The van der Waals surface area contributed by atoms with E-state index in [0.29, 0.717) is 31.5 Å². The van der Waals surface area contributed by atoms with Crippen LogP contribution in [-0.4, -0.2) is 63.8 Å². The summed E-state index contributed by atoms with van der Waals surface area (Å²) >= 11 is 0. The number of amides is 2. The van der Waals surface area contributed by atoms with Crippen molar-refractivity contribution in [1.29, 1.82) is 0 Å². The fraction of sp³-hybridized carbons (Fsp3) is 0.600. The van der Waals surface area contributed by atoms with Crippen LogP contribution in [0.4, 0.5) is 18.0 Å². The van der Waals surface area contributed by atoms with E-state index in [-0.39, 0.29) is 24.9 Å². The van der Waals surface area contributed by atoms with E-state index >= 15 is 0 Å². The van der Waals surface area contributed by atoms with Gasteiger partial charge in [0.05, 0.1) is 17.6 Å². The average molecular weight is 414 g/mol. The van der Waals surface area contributed by atoms with Crippen LogP contribution in [0.3, 0.4) is 0 Å². The monoisotopic (exact) mass is 414 g/mol. The summed E-state index contributed by atoms with van der Waals surface area (Å²) in [5.74, 6) is -2.20. The van der Waals surface area contributed by atoms with Gasteiger partial charge < -0.3 is 20.0 Å². The molecule has 2 heterocycles. The van der Waals surface area contributed by atoms with E-state index in [1.807, 2.05) is 0 Å². The number of piperidine rings is 2. The molecule has 0 radical (unpaired) electrons.